The molecule has 0 unspecified atom stereocenters. The summed E-state index contributed by atoms with van der Waals surface area (Å²) >= 11 is 0. The highest BCUT2D eigenvalue weighted by Gasteiger charge is 2.22. The van der Waals surface area contributed by atoms with Crippen molar-refractivity contribution in [2.45, 2.75) is 26.2 Å². The van der Waals surface area contributed by atoms with Crippen molar-refractivity contribution in [2.24, 2.45) is 0 Å². The van der Waals surface area contributed by atoms with E-state index >= 15 is 0 Å². The van der Waals surface area contributed by atoms with Crippen molar-refractivity contribution >= 4 is 33.4 Å². The van der Waals surface area contributed by atoms with E-state index in [4.69, 9.17) is 0 Å². The number of nitriles is 1. The van der Waals surface area contributed by atoms with Gasteiger partial charge in [0.1, 0.15) is 5.69 Å². The summed E-state index contributed by atoms with van der Waals surface area (Å²) in [5.74, 6) is -0.168. The molecule has 0 fully saturated rings. The number of carbonyl (C=O) groups excluding carboxylic acids is 1. The fourth-order valence-corrected chi connectivity index (χ4v) is 3.61. The highest BCUT2D eigenvalue weighted by atomic mass is 16.2. The number of fused-ring (bicyclic) bond motifs is 3. The van der Waals surface area contributed by atoms with E-state index in [2.05, 4.69) is 22.2 Å². The predicted molar refractivity (Wildman–Crippen MR) is 120 cm³/mol. The van der Waals surface area contributed by atoms with Crippen molar-refractivity contribution in [3.8, 4) is 17.3 Å². The quantitative estimate of drug-likeness (QED) is 0.497. The van der Waals surface area contributed by atoms with Gasteiger partial charge in [-0.2, -0.15) is 15.0 Å². The van der Waals surface area contributed by atoms with Gasteiger partial charge in [-0.3, -0.25) is 9.78 Å². The first kappa shape index (κ1) is 19.6. The monoisotopic (exact) mass is 397 g/mol. The van der Waals surface area contributed by atoms with Crippen molar-refractivity contribution in [1.29, 1.82) is 5.26 Å². The molecule has 6 nitrogen and oxygen atoms in total. The number of benzene rings is 2. The van der Waals surface area contributed by atoms with Gasteiger partial charge in [-0.1, -0.05) is 24.3 Å². The SMILES string of the molecule is CC(=O)n1nc(-c2ccc(C(C)(C)C#N)cc2)c2c3cc(N(C)C)ccc3ncc21. The molecule has 0 bridgehead atoms. The highest BCUT2D eigenvalue weighted by Crippen LogP contribution is 2.35. The molecule has 0 saturated carbocycles. The molecule has 0 saturated heterocycles. The smallest absolute Gasteiger partial charge is 0.244 e. The number of nitrogens with zero attached hydrogens (tertiary/aromatic N) is 5. The molecular formula is C24H23N5O. The van der Waals surface area contributed by atoms with Crippen LogP contribution in [0.1, 0.15) is 31.1 Å². The molecule has 0 atom stereocenters. The zero-order valence-electron chi connectivity index (χ0n) is 17.8. The fourth-order valence-electron chi connectivity index (χ4n) is 3.61. The van der Waals surface area contributed by atoms with E-state index in [0.29, 0.717) is 5.52 Å². The van der Waals surface area contributed by atoms with Crippen LogP contribution in [0.3, 0.4) is 0 Å². The molecule has 150 valence electrons. The molecule has 0 spiro atoms. The minimum absolute atomic E-state index is 0.168. The lowest BCUT2D eigenvalue weighted by molar-refractivity contribution is 0.0927. The average Bonchev–Trinajstić information content (AvgIpc) is 3.14. The molecule has 2 heterocycles. The van der Waals surface area contributed by atoms with Crippen LogP contribution in [0.25, 0.3) is 33.1 Å². The number of hydrogen-bond donors (Lipinski definition) is 0. The van der Waals surface area contributed by atoms with Crippen molar-refractivity contribution in [2.75, 3.05) is 19.0 Å². The summed E-state index contributed by atoms with van der Waals surface area (Å²) in [5, 5.41) is 15.9. The predicted octanol–water partition coefficient (Wildman–Crippen LogP) is 4.78. The van der Waals surface area contributed by atoms with Gasteiger partial charge >= 0.3 is 0 Å². The Morgan fingerprint density at radius 2 is 1.83 bits per heavy atom. The van der Waals surface area contributed by atoms with Gasteiger partial charge in [0.25, 0.3) is 0 Å². The normalized spacial score (nSPS) is 11.6. The second-order valence-electron chi connectivity index (χ2n) is 8.21. The van der Waals surface area contributed by atoms with Gasteiger partial charge in [-0.15, -0.1) is 0 Å². The summed E-state index contributed by atoms with van der Waals surface area (Å²) < 4.78 is 1.41. The maximum Gasteiger partial charge on any atom is 0.244 e. The lowest BCUT2D eigenvalue weighted by atomic mass is 9.86. The topological polar surface area (TPSA) is 74.8 Å². The van der Waals surface area contributed by atoms with Crippen molar-refractivity contribution < 1.29 is 4.79 Å². The second kappa shape index (κ2) is 6.96. The summed E-state index contributed by atoms with van der Waals surface area (Å²) in [6, 6.07) is 16.2. The summed E-state index contributed by atoms with van der Waals surface area (Å²) in [6.07, 6.45) is 1.71. The first-order valence-electron chi connectivity index (χ1n) is 9.75. The summed E-state index contributed by atoms with van der Waals surface area (Å²) in [4.78, 5) is 18.9. The third-order valence-corrected chi connectivity index (χ3v) is 5.47. The van der Waals surface area contributed by atoms with Crippen LogP contribution in [-0.2, 0) is 5.41 Å². The first-order valence-corrected chi connectivity index (χ1v) is 9.75. The van der Waals surface area contributed by atoms with Crippen molar-refractivity contribution in [1.82, 2.24) is 14.8 Å². The molecular weight excluding hydrogens is 374 g/mol. The van der Waals surface area contributed by atoms with Gasteiger partial charge in [0.05, 0.1) is 28.7 Å². The van der Waals surface area contributed by atoms with E-state index in [1.807, 2.05) is 69.2 Å². The van der Waals surface area contributed by atoms with E-state index in [9.17, 15) is 10.1 Å². The molecule has 4 aromatic rings. The van der Waals surface area contributed by atoms with Crippen LogP contribution in [0.4, 0.5) is 5.69 Å². The largest absolute Gasteiger partial charge is 0.378 e. The van der Waals surface area contributed by atoms with Crippen molar-refractivity contribution in [3.05, 3.63) is 54.2 Å². The van der Waals surface area contributed by atoms with Gasteiger partial charge in [0, 0.05) is 43.0 Å². The molecule has 0 amide bonds. The van der Waals surface area contributed by atoms with E-state index in [-0.39, 0.29) is 5.91 Å². The van der Waals surface area contributed by atoms with Gasteiger partial charge in [-0.25, -0.2) is 0 Å². The van der Waals surface area contributed by atoms with E-state index in [1.54, 1.807) is 6.20 Å². The van der Waals surface area contributed by atoms with Crippen LogP contribution in [0.2, 0.25) is 0 Å². The van der Waals surface area contributed by atoms with Gasteiger partial charge in [0.2, 0.25) is 5.91 Å². The summed E-state index contributed by atoms with van der Waals surface area (Å²) in [5.41, 5.74) is 4.55. The van der Waals surface area contributed by atoms with Gasteiger partial charge in [-0.05, 0) is 37.6 Å². The minimum atomic E-state index is -0.573. The molecule has 6 heteroatoms. The average molecular weight is 397 g/mol. The Morgan fingerprint density at radius 3 is 2.43 bits per heavy atom. The zero-order chi connectivity index (χ0) is 21.6. The van der Waals surface area contributed by atoms with Crippen LogP contribution in [0, 0.1) is 11.3 Å². The lowest BCUT2D eigenvalue weighted by Gasteiger charge is -2.16. The number of pyridine rings is 1. The Kier molecular flexibility index (Phi) is 4.54. The molecule has 0 N–H and O–H groups in total. The van der Waals surface area contributed by atoms with E-state index < -0.39 is 5.41 Å². The summed E-state index contributed by atoms with van der Waals surface area (Å²) in [6.45, 7) is 5.28. The molecule has 30 heavy (non-hydrogen) atoms. The molecule has 2 aromatic heterocycles. The third kappa shape index (κ3) is 3.09. The second-order valence-corrected chi connectivity index (χ2v) is 8.21. The molecule has 0 aliphatic heterocycles. The van der Waals surface area contributed by atoms with Crippen LogP contribution < -0.4 is 4.90 Å². The zero-order valence-corrected chi connectivity index (χ0v) is 17.8. The van der Waals surface area contributed by atoms with Gasteiger partial charge in [0.15, 0.2) is 0 Å². The highest BCUT2D eigenvalue weighted by molar-refractivity contribution is 6.13. The number of hydrogen-bond acceptors (Lipinski definition) is 5. The Labute approximate surface area is 175 Å². The number of aromatic nitrogens is 3. The lowest BCUT2D eigenvalue weighted by Crippen LogP contribution is -2.13. The first-order chi connectivity index (χ1) is 14.2. The standard InChI is InChI=1S/C24H23N5O/c1-15(30)29-21-13-26-20-11-10-18(28(4)5)12-19(20)22(21)23(27-29)16-6-8-17(9-7-16)24(2,3)14-25/h6-13H,1-5H3. The maximum absolute atomic E-state index is 12.3. The molecule has 0 aliphatic carbocycles. The third-order valence-electron chi connectivity index (χ3n) is 5.47. The van der Waals surface area contributed by atoms with Crippen LogP contribution in [0.15, 0.2) is 48.7 Å². The molecule has 0 aliphatic rings. The Balaban J connectivity index is 2.02. The fraction of sp³-hybridized carbons (Fsp3) is 0.250. The molecule has 0 radical (unpaired) electrons. The molecule has 2 aromatic carbocycles. The molecule has 4 rings (SSSR count). The van der Waals surface area contributed by atoms with Crippen LogP contribution >= 0.6 is 0 Å². The van der Waals surface area contributed by atoms with Crippen LogP contribution in [0.5, 0.6) is 0 Å². The maximum atomic E-state index is 12.3. The Morgan fingerprint density at radius 1 is 1.13 bits per heavy atom. The number of rotatable bonds is 3. The number of anilines is 1. The van der Waals surface area contributed by atoms with E-state index in [0.717, 1.165) is 38.8 Å². The minimum Gasteiger partial charge on any atom is -0.378 e. The van der Waals surface area contributed by atoms with E-state index in [1.165, 1.54) is 11.6 Å². The number of carbonyl (C=O) groups is 1. The Bertz CT molecular complexity index is 1320. The Hall–Kier alpha value is -3.72. The van der Waals surface area contributed by atoms with Gasteiger partial charge < -0.3 is 4.90 Å². The summed E-state index contributed by atoms with van der Waals surface area (Å²) in [7, 11) is 3.98. The van der Waals surface area contributed by atoms with Crippen molar-refractivity contribution in [3.63, 3.8) is 0 Å². The van der Waals surface area contributed by atoms with Crippen LogP contribution in [-0.4, -0.2) is 34.8 Å².